The molecule has 0 aromatic heterocycles. The quantitative estimate of drug-likeness (QED) is 0.230. The Labute approximate surface area is 337 Å². The van der Waals surface area contributed by atoms with E-state index in [1.807, 2.05) is 19.1 Å². The molecule has 0 amide bonds. The van der Waals surface area contributed by atoms with Gasteiger partial charge in [-0.15, -0.1) is 0 Å². The predicted molar refractivity (Wildman–Crippen MR) is 205 cm³/mol. The molecule has 3 spiro atoms. The van der Waals surface area contributed by atoms with Crippen molar-refractivity contribution < 1.29 is 58.0 Å². The summed E-state index contributed by atoms with van der Waals surface area (Å²) < 4.78 is 53.7. The molecule has 8 fully saturated rings. The van der Waals surface area contributed by atoms with E-state index in [-0.39, 0.29) is 60.8 Å². The Morgan fingerprint density at radius 3 is 2.49 bits per heavy atom. The number of aliphatic carboxylic acids is 1. The molecule has 0 saturated carbocycles. The summed E-state index contributed by atoms with van der Waals surface area (Å²) in [6.45, 7) is 16.2. The molecule has 19 atom stereocenters. The second-order valence-electron chi connectivity index (χ2n) is 19.9. The number of aliphatic hydroxyl groups is 2. The lowest BCUT2D eigenvalue weighted by Crippen LogP contribution is -2.61. The summed E-state index contributed by atoms with van der Waals surface area (Å²) in [5.74, 6) is -4.67. The molecule has 57 heavy (non-hydrogen) atoms. The Hall–Kier alpha value is -1.49. The van der Waals surface area contributed by atoms with Gasteiger partial charge < -0.3 is 53.2 Å². The number of ether oxygens (including phenoxy) is 8. The zero-order chi connectivity index (χ0) is 40.1. The minimum Gasteiger partial charge on any atom is -0.481 e. The van der Waals surface area contributed by atoms with E-state index in [1.54, 1.807) is 0 Å². The van der Waals surface area contributed by atoms with Gasteiger partial charge in [0.05, 0.1) is 42.7 Å². The van der Waals surface area contributed by atoms with Gasteiger partial charge in [-0.25, -0.2) is 0 Å². The minimum atomic E-state index is -1.87. The lowest BCUT2D eigenvalue weighted by Gasteiger charge is -2.52. The van der Waals surface area contributed by atoms with Crippen molar-refractivity contribution in [1.82, 2.24) is 5.32 Å². The van der Waals surface area contributed by atoms with Crippen molar-refractivity contribution in [2.24, 2.45) is 29.6 Å². The molecule has 0 radical (unpaired) electrons. The first-order chi connectivity index (χ1) is 27.0. The van der Waals surface area contributed by atoms with Gasteiger partial charge in [0.15, 0.2) is 23.1 Å². The fourth-order valence-electron chi connectivity index (χ4n) is 12.4. The summed E-state index contributed by atoms with van der Waals surface area (Å²) in [7, 11) is 0. The molecular weight excluding hydrogens is 734 g/mol. The highest BCUT2D eigenvalue weighted by molar-refractivity contribution is 5.66. The van der Waals surface area contributed by atoms with E-state index in [2.05, 4.69) is 39.6 Å². The van der Waals surface area contributed by atoms with E-state index < -0.39 is 53.2 Å². The number of carboxylic acid groups (broad SMARTS) is 1. The third-order valence-electron chi connectivity index (χ3n) is 15.5. The second kappa shape index (κ2) is 14.9. The number of piperidine rings is 1. The summed E-state index contributed by atoms with van der Waals surface area (Å²) in [6, 6.07) is 0. The van der Waals surface area contributed by atoms with Crippen molar-refractivity contribution in [3.8, 4) is 0 Å². The lowest BCUT2D eigenvalue weighted by molar-refractivity contribution is -0.368. The average Bonchev–Trinajstić information content (AvgIpc) is 3.85. The second-order valence-corrected chi connectivity index (χ2v) is 19.9. The van der Waals surface area contributed by atoms with Crippen LogP contribution in [0.15, 0.2) is 24.3 Å². The summed E-state index contributed by atoms with van der Waals surface area (Å²) in [5, 5.41) is 37.3. The molecule has 0 aromatic carbocycles. The summed E-state index contributed by atoms with van der Waals surface area (Å²) in [6.07, 6.45) is 9.09. The average molecular weight is 802 g/mol. The molecule has 13 nitrogen and oxygen atoms in total. The summed E-state index contributed by atoms with van der Waals surface area (Å²) >= 11 is 0. The molecule has 9 aliphatic heterocycles. The molecule has 2 bridgehead atoms. The Bertz CT molecular complexity index is 1580. The van der Waals surface area contributed by atoms with E-state index in [9.17, 15) is 20.1 Å². The SMILES string of the molecule is C=C(C[C@@]12CCC[C@@H](O1)[C@H]1O[C@]3(C[C@H]1O2)NC[C@H](C)C[C@@H]3C)[C@H]1O[C@@](O)([C@H](O)[C@@H]2C[C@H]3O[C@@]4(CC[C@]5(CC=C[C@@H](CCC(=O)O)O5)O4)[C@H](C)C[C@H]3O2)[C@H](C)C[C@@H]1C. The van der Waals surface area contributed by atoms with Crippen LogP contribution in [0.3, 0.4) is 0 Å². The molecule has 0 aliphatic carbocycles. The van der Waals surface area contributed by atoms with Crippen molar-refractivity contribution in [2.75, 3.05) is 6.54 Å². The van der Waals surface area contributed by atoms with Crippen LogP contribution >= 0.6 is 0 Å². The molecule has 8 saturated heterocycles. The van der Waals surface area contributed by atoms with Crippen LogP contribution in [0.4, 0.5) is 0 Å². The number of rotatable bonds is 8. The number of hydrogen-bond donors (Lipinski definition) is 4. The number of fused-ring (bicyclic) bond motifs is 5. The van der Waals surface area contributed by atoms with Gasteiger partial charge in [0.1, 0.15) is 17.9 Å². The third kappa shape index (κ3) is 7.20. The van der Waals surface area contributed by atoms with E-state index in [0.717, 1.165) is 44.2 Å². The van der Waals surface area contributed by atoms with Gasteiger partial charge in [-0.1, -0.05) is 53.3 Å². The maximum atomic E-state index is 12.3. The minimum absolute atomic E-state index is 0.0203. The maximum Gasteiger partial charge on any atom is 0.303 e. The Kier molecular flexibility index (Phi) is 10.7. The van der Waals surface area contributed by atoms with Crippen molar-refractivity contribution in [2.45, 2.75) is 208 Å². The van der Waals surface area contributed by atoms with Crippen LogP contribution in [-0.4, -0.2) is 112 Å². The van der Waals surface area contributed by atoms with E-state index >= 15 is 0 Å². The molecular formula is C44H67NO12. The first-order valence-electron chi connectivity index (χ1n) is 22.2. The highest BCUT2D eigenvalue weighted by Gasteiger charge is 2.64. The van der Waals surface area contributed by atoms with Gasteiger partial charge >= 0.3 is 5.97 Å². The fourth-order valence-corrected chi connectivity index (χ4v) is 12.4. The van der Waals surface area contributed by atoms with Crippen LogP contribution in [0, 0.1) is 29.6 Å². The Balaban J connectivity index is 0.847. The first kappa shape index (κ1) is 40.9. The Morgan fingerprint density at radius 2 is 1.70 bits per heavy atom. The normalized spacial score (nSPS) is 53.6. The van der Waals surface area contributed by atoms with E-state index in [1.165, 1.54) is 0 Å². The van der Waals surface area contributed by atoms with Gasteiger partial charge in [-0.2, -0.15) is 0 Å². The van der Waals surface area contributed by atoms with Crippen LogP contribution in [0.25, 0.3) is 0 Å². The smallest absolute Gasteiger partial charge is 0.303 e. The standard InChI is InChI=1S/C44H67NO12/c1-24-17-27(4)42(45-23-24)22-35-38(55-42)31-10-8-14-41(52-31,53-35)21-26(3)37-25(2)18-29(6)44(49,56-37)39(48)34-20-33-32(50-34)19-28(5)43(54-33)16-15-40(57-43)13-7-9-30(51-40)11-12-36(46)47/h7,9,24-25,27-35,37-39,45,48-49H,3,8,10-23H2,1-2,4-6H3,(H,46,47)/t24-,25+,27+,28-,29-,30+,31-,32-,33-,34+,35-,37+,38-,39-,40+,41+,42+,43-,44-/m1/s1. The van der Waals surface area contributed by atoms with Crippen LogP contribution in [-0.2, 0) is 42.7 Å². The molecule has 9 rings (SSSR count). The molecule has 13 heteroatoms. The van der Waals surface area contributed by atoms with Crippen molar-refractivity contribution >= 4 is 5.97 Å². The largest absolute Gasteiger partial charge is 0.481 e. The highest BCUT2D eigenvalue weighted by atomic mass is 16.8. The monoisotopic (exact) mass is 801 g/mol. The topological polar surface area (TPSA) is 164 Å². The fraction of sp³-hybridized carbons (Fsp3) is 0.886. The van der Waals surface area contributed by atoms with Gasteiger partial charge in [0.25, 0.3) is 0 Å². The van der Waals surface area contributed by atoms with E-state index in [4.69, 9.17) is 37.9 Å². The molecule has 9 aliphatic rings. The van der Waals surface area contributed by atoms with Gasteiger partial charge in [-0.3, -0.25) is 10.1 Å². The van der Waals surface area contributed by atoms with Crippen LogP contribution in [0.1, 0.15) is 125 Å². The van der Waals surface area contributed by atoms with Gasteiger partial charge in [0, 0.05) is 69.7 Å². The van der Waals surface area contributed by atoms with Crippen molar-refractivity contribution in [1.29, 1.82) is 0 Å². The zero-order valence-corrected chi connectivity index (χ0v) is 34.6. The van der Waals surface area contributed by atoms with Crippen LogP contribution < -0.4 is 5.32 Å². The number of carboxylic acids is 1. The van der Waals surface area contributed by atoms with Crippen LogP contribution in [0.5, 0.6) is 0 Å². The highest BCUT2D eigenvalue weighted by Crippen LogP contribution is 2.55. The summed E-state index contributed by atoms with van der Waals surface area (Å²) in [4.78, 5) is 11.2. The maximum absolute atomic E-state index is 12.3. The third-order valence-corrected chi connectivity index (χ3v) is 15.5. The van der Waals surface area contributed by atoms with Gasteiger partial charge in [0.2, 0.25) is 0 Å². The lowest BCUT2D eigenvalue weighted by atomic mass is 9.77. The van der Waals surface area contributed by atoms with Gasteiger partial charge in [-0.05, 0) is 61.9 Å². The number of nitrogens with one attached hydrogen (secondary N) is 1. The van der Waals surface area contributed by atoms with E-state index in [0.29, 0.717) is 63.2 Å². The zero-order valence-electron chi connectivity index (χ0n) is 34.6. The first-order valence-corrected chi connectivity index (χ1v) is 22.2. The van der Waals surface area contributed by atoms with Crippen molar-refractivity contribution in [3.05, 3.63) is 24.3 Å². The summed E-state index contributed by atoms with van der Waals surface area (Å²) in [5.41, 5.74) is 0.402. The molecule has 0 unspecified atom stereocenters. The van der Waals surface area contributed by atoms with Crippen LogP contribution in [0.2, 0.25) is 0 Å². The molecule has 0 aromatic rings. The van der Waals surface area contributed by atoms with Crippen molar-refractivity contribution in [3.63, 3.8) is 0 Å². The predicted octanol–water partition coefficient (Wildman–Crippen LogP) is 5.45. The molecule has 4 N–H and O–H groups in total. The number of carbonyl (C=O) groups is 1. The Morgan fingerprint density at radius 1 is 0.895 bits per heavy atom. The number of aliphatic hydroxyl groups excluding tert-OH is 1. The number of hydrogen-bond acceptors (Lipinski definition) is 12. The molecule has 320 valence electrons. The molecule has 9 heterocycles.